The molecular weight excluding hydrogens is 584 g/mol. The van der Waals surface area contributed by atoms with Crippen LogP contribution in [-0.2, 0) is 27.1 Å². The molecule has 242 valence electrons. The smallest absolute Gasteiger partial charge is 0.225 e. The lowest BCUT2D eigenvalue weighted by molar-refractivity contribution is -0.126. The summed E-state index contributed by atoms with van der Waals surface area (Å²) in [6.07, 6.45) is 1.47. The van der Waals surface area contributed by atoms with Crippen LogP contribution in [0.5, 0.6) is 5.75 Å². The lowest BCUT2D eigenvalue weighted by Crippen LogP contribution is -2.50. The van der Waals surface area contributed by atoms with Crippen molar-refractivity contribution < 1.29 is 18.5 Å². The van der Waals surface area contributed by atoms with Crippen LogP contribution in [0.1, 0.15) is 74.3 Å². The number of fused-ring (bicyclic) bond motifs is 1. The number of amides is 1. The minimum absolute atomic E-state index is 0.00830. The number of aryl methyl sites for hydroxylation is 1. The third kappa shape index (κ3) is 7.05. The fourth-order valence-corrected chi connectivity index (χ4v) is 7.85. The predicted octanol–water partition coefficient (Wildman–Crippen LogP) is 6.08. The lowest BCUT2D eigenvalue weighted by Gasteiger charge is -2.38. The van der Waals surface area contributed by atoms with Crippen molar-refractivity contribution in [3.05, 3.63) is 82.4 Å². The largest absolute Gasteiger partial charge is 0.488 e. The van der Waals surface area contributed by atoms with Crippen LogP contribution >= 0.6 is 0 Å². The zero-order valence-electron chi connectivity index (χ0n) is 27.4. The van der Waals surface area contributed by atoms with E-state index in [2.05, 4.69) is 76.4 Å². The number of carbonyl (C=O) groups excluding carboxylic acids is 1. The monoisotopic (exact) mass is 632 g/mol. The maximum atomic E-state index is 13.9. The van der Waals surface area contributed by atoms with E-state index in [1.54, 1.807) is 0 Å². The first kappa shape index (κ1) is 33.0. The summed E-state index contributed by atoms with van der Waals surface area (Å²) >= 11 is 0. The summed E-state index contributed by atoms with van der Waals surface area (Å²) in [4.78, 5) is 14.2. The summed E-state index contributed by atoms with van der Waals surface area (Å²) in [6, 6.07) is 18.3. The second-order valence-corrected chi connectivity index (χ2v) is 14.3. The molecule has 1 fully saturated rings. The molecule has 1 saturated heterocycles. The number of hydrogen-bond donors (Lipinski definition) is 3. The Hall–Kier alpha value is -3.40. The van der Waals surface area contributed by atoms with Crippen LogP contribution in [0.3, 0.4) is 0 Å². The number of nitrogens with one attached hydrogen (secondary N) is 2. The van der Waals surface area contributed by atoms with Gasteiger partial charge in [0.15, 0.2) is 0 Å². The molecule has 4 atom stereocenters. The Morgan fingerprint density at radius 1 is 1.13 bits per heavy atom. The molecular formula is C36H48N4O4S. The van der Waals surface area contributed by atoms with Crippen molar-refractivity contribution in [3.8, 4) is 5.75 Å². The Kier molecular flexibility index (Phi) is 10.2. The van der Waals surface area contributed by atoms with Crippen LogP contribution in [0, 0.1) is 19.8 Å². The molecule has 2 heterocycles. The van der Waals surface area contributed by atoms with Gasteiger partial charge in [-0.1, -0.05) is 43.3 Å². The molecule has 3 aromatic carbocycles. The first-order valence-corrected chi connectivity index (χ1v) is 17.2. The normalized spacial score (nSPS) is 21.0. The highest BCUT2D eigenvalue weighted by molar-refractivity contribution is 7.82. The van der Waals surface area contributed by atoms with Gasteiger partial charge in [-0.2, -0.15) is 0 Å². The summed E-state index contributed by atoms with van der Waals surface area (Å²) in [5.41, 5.74) is 12.9. The topological polar surface area (TPSA) is 106 Å². The second kappa shape index (κ2) is 13.9. The van der Waals surface area contributed by atoms with E-state index in [9.17, 15) is 9.00 Å². The highest BCUT2D eigenvalue weighted by Gasteiger charge is 2.38. The molecule has 45 heavy (non-hydrogen) atoms. The molecule has 2 aliphatic heterocycles. The Balaban J connectivity index is 1.55. The van der Waals surface area contributed by atoms with Crippen LogP contribution in [0.2, 0.25) is 0 Å². The van der Waals surface area contributed by atoms with E-state index < -0.39 is 16.5 Å². The number of rotatable bonds is 10. The number of benzene rings is 3. The van der Waals surface area contributed by atoms with Crippen molar-refractivity contribution in [2.24, 2.45) is 5.92 Å². The Bertz CT molecular complexity index is 1550. The summed E-state index contributed by atoms with van der Waals surface area (Å²) in [5.74, 6) is 0.336. The first-order valence-electron chi connectivity index (χ1n) is 16.1. The maximum Gasteiger partial charge on any atom is 0.225 e. The number of nitrogen functional groups attached to an aromatic ring is 1. The van der Waals surface area contributed by atoms with Crippen molar-refractivity contribution >= 4 is 28.3 Å². The fraction of sp³-hybridized carbons (Fsp3) is 0.472. The molecule has 0 spiro atoms. The number of carbonyl (C=O) groups is 1. The Morgan fingerprint density at radius 2 is 1.91 bits per heavy atom. The number of ether oxygens (including phenoxy) is 2. The van der Waals surface area contributed by atoms with Crippen LogP contribution < -0.4 is 21.1 Å². The maximum absolute atomic E-state index is 13.9. The first-order chi connectivity index (χ1) is 21.5. The number of anilines is 2. The molecule has 0 bridgehead atoms. The fourth-order valence-electron chi connectivity index (χ4n) is 6.53. The second-order valence-electron chi connectivity index (χ2n) is 12.8. The standard InChI is InChI=1S/C36H48N4O4S/c1-7-28-21-40(45(42)32-12-10-9-11-31(32)44-28)20-27-19-25(14-13-23(27)3)33(29-15-16-30(38-8-2)34(37)24(29)4)36(5,6)39-35(41)26-17-18-43-22-26/h9-16,19,26,28,33,38H,7-8,17-18,20-22,37H2,1-6H3,(H,39,41)/t26?,28-,33?,45?/m1/s1. The molecule has 4 N–H and O–H groups in total. The van der Waals surface area contributed by atoms with Crippen molar-refractivity contribution in [2.45, 2.75) is 83.4 Å². The van der Waals surface area contributed by atoms with Gasteiger partial charge in [-0.3, -0.25) is 4.79 Å². The number of nitrogens with two attached hydrogens (primary N) is 1. The number of nitrogens with zero attached hydrogens (tertiary/aromatic N) is 1. The Labute approximate surface area is 270 Å². The van der Waals surface area contributed by atoms with Gasteiger partial charge in [-0.15, -0.1) is 0 Å². The molecule has 3 unspecified atom stereocenters. The molecule has 0 aromatic heterocycles. The third-order valence-corrected chi connectivity index (χ3v) is 10.6. The number of para-hydroxylation sites is 1. The summed E-state index contributed by atoms with van der Waals surface area (Å²) < 4.78 is 27.7. The van der Waals surface area contributed by atoms with E-state index in [-0.39, 0.29) is 23.8 Å². The van der Waals surface area contributed by atoms with Gasteiger partial charge in [-0.05, 0) is 93.5 Å². The minimum Gasteiger partial charge on any atom is -0.488 e. The predicted molar refractivity (Wildman–Crippen MR) is 182 cm³/mol. The van der Waals surface area contributed by atoms with E-state index >= 15 is 0 Å². The van der Waals surface area contributed by atoms with Gasteiger partial charge in [0.2, 0.25) is 5.91 Å². The van der Waals surface area contributed by atoms with Gasteiger partial charge in [0.05, 0.1) is 28.8 Å². The average molecular weight is 633 g/mol. The van der Waals surface area contributed by atoms with Gasteiger partial charge >= 0.3 is 0 Å². The van der Waals surface area contributed by atoms with E-state index in [4.69, 9.17) is 15.2 Å². The van der Waals surface area contributed by atoms with Gasteiger partial charge in [-0.25, -0.2) is 8.51 Å². The summed E-state index contributed by atoms with van der Waals surface area (Å²) in [6.45, 7) is 15.3. The average Bonchev–Trinajstić information content (AvgIpc) is 3.52. The van der Waals surface area contributed by atoms with Gasteiger partial charge in [0.1, 0.15) is 22.8 Å². The van der Waals surface area contributed by atoms with Crippen molar-refractivity contribution in [2.75, 3.05) is 37.4 Å². The molecule has 3 aromatic rings. The third-order valence-electron chi connectivity index (χ3n) is 9.18. The van der Waals surface area contributed by atoms with Crippen molar-refractivity contribution in [1.82, 2.24) is 9.62 Å². The molecule has 0 saturated carbocycles. The van der Waals surface area contributed by atoms with Gasteiger partial charge in [0, 0.05) is 37.7 Å². The molecule has 1 amide bonds. The van der Waals surface area contributed by atoms with Crippen molar-refractivity contribution in [1.29, 1.82) is 0 Å². The zero-order chi connectivity index (χ0) is 32.3. The quantitative estimate of drug-likeness (QED) is 0.234. The summed E-state index contributed by atoms with van der Waals surface area (Å²) in [5, 5.41) is 6.75. The van der Waals surface area contributed by atoms with E-state index in [0.29, 0.717) is 42.6 Å². The Morgan fingerprint density at radius 3 is 2.62 bits per heavy atom. The van der Waals surface area contributed by atoms with E-state index in [1.165, 1.54) is 0 Å². The van der Waals surface area contributed by atoms with Gasteiger partial charge in [0.25, 0.3) is 0 Å². The van der Waals surface area contributed by atoms with E-state index in [1.807, 2.05) is 34.6 Å². The lowest BCUT2D eigenvalue weighted by atomic mass is 9.74. The van der Waals surface area contributed by atoms with Crippen LogP contribution in [0.15, 0.2) is 59.5 Å². The van der Waals surface area contributed by atoms with Gasteiger partial charge < -0.3 is 25.8 Å². The van der Waals surface area contributed by atoms with Crippen molar-refractivity contribution in [3.63, 3.8) is 0 Å². The molecule has 8 nitrogen and oxygen atoms in total. The molecule has 0 aliphatic carbocycles. The molecule has 0 radical (unpaired) electrons. The minimum atomic E-state index is -1.38. The van der Waals surface area contributed by atoms with Crippen LogP contribution in [-0.4, -0.2) is 52.4 Å². The molecule has 2 aliphatic rings. The highest BCUT2D eigenvalue weighted by Crippen LogP contribution is 2.41. The van der Waals surface area contributed by atoms with Crippen LogP contribution in [0.4, 0.5) is 11.4 Å². The SMILES string of the molecule is CCNc1ccc(C(c2ccc(C)c(CN3C[C@@H](CC)Oc4ccccc4S3=O)c2)C(C)(C)NC(=O)C2CCOC2)c(C)c1N. The van der Waals surface area contributed by atoms with Crippen LogP contribution in [0.25, 0.3) is 0 Å². The number of hydrogen-bond acceptors (Lipinski definition) is 6. The summed E-state index contributed by atoms with van der Waals surface area (Å²) in [7, 11) is -1.38. The van der Waals surface area contributed by atoms with E-state index in [0.717, 1.165) is 52.9 Å². The highest BCUT2D eigenvalue weighted by atomic mass is 32.2. The molecule has 9 heteroatoms. The zero-order valence-corrected chi connectivity index (χ0v) is 28.3. The molecule has 5 rings (SSSR count).